The number of hydrogen-bond acceptors (Lipinski definition) is 3. The van der Waals surface area contributed by atoms with Crippen molar-refractivity contribution in [2.45, 2.75) is 38.0 Å². The molecule has 3 atom stereocenters. The summed E-state index contributed by atoms with van der Waals surface area (Å²) in [7, 11) is 0. The van der Waals surface area contributed by atoms with E-state index in [2.05, 4.69) is 5.10 Å². The Morgan fingerprint density at radius 2 is 1.94 bits per heavy atom. The van der Waals surface area contributed by atoms with Crippen molar-refractivity contribution in [3.63, 3.8) is 0 Å². The molecule has 1 saturated carbocycles. The summed E-state index contributed by atoms with van der Waals surface area (Å²) >= 11 is 1.54. The van der Waals surface area contributed by atoms with Crippen LogP contribution in [0, 0.1) is 11.2 Å². The first-order chi connectivity index (χ1) is 15.4. The zero-order valence-corrected chi connectivity index (χ0v) is 18.4. The van der Waals surface area contributed by atoms with Gasteiger partial charge in [-0.15, -0.1) is 11.3 Å². The van der Waals surface area contributed by atoms with Crippen LogP contribution in [-0.4, -0.2) is 20.6 Å². The monoisotopic (exact) mass is 448 g/mol. The van der Waals surface area contributed by atoms with Gasteiger partial charge in [-0.05, 0) is 72.0 Å². The largest absolute Gasteiger partial charge is 0.385 e. The molecule has 2 aromatic heterocycles. The molecular formula is C26H22F2N2OS. The van der Waals surface area contributed by atoms with Crippen LogP contribution in [0.15, 0.2) is 65.7 Å². The van der Waals surface area contributed by atoms with Crippen molar-refractivity contribution in [1.82, 2.24) is 9.78 Å². The van der Waals surface area contributed by atoms with E-state index in [4.69, 9.17) is 0 Å². The third-order valence-corrected chi connectivity index (χ3v) is 8.42. The summed E-state index contributed by atoms with van der Waals surface area (Å²) in [5, 5.41) is 18.7. The van der Waals surface area contributed by atoms with E-state index >= 15 is 4.39 Å². The summed E-state index contributed by atoms with van der Waals surface area (Å²) in [5.41, 5.74) is 1.67. The van der Waals surface area contributed by atoms with Gasteiger partial charge in [0.25, 0.3) is 0 Å². The van der Waals surface area contributed by atoms with Crippen molar-refractivity contribution in [2.75, 3.05) is 0 Å². The molecule has 0 bridgehead atoms. The third kappa shape index (κ3) is 2.63. The molecular weight excluding hydrogens is 426 g/mol. The van der Waals surface area contributed by atoms with Crippen LogP contribution in [0.4, 0.5) is 8.78 Å². The van der Waals surface area contributed by atoms with Crippen LogP contribution in [0.2, 0.25) is 0 Å². The molecule has 2 aliphatic rings. The molecule has 1 N–H and O–H groups in total. The number of halogens is 2. The van der Waals surface area contributed by atoms with Gasteiger partial charge in [-0.2, -0.15) is 5.10 Å². The normalized spacial score (nSPS) is 25.4. The van der Waals surface area contributed by atoms with Crippen molar-refractivity contribution in [3.05, 3.63) is 88.3 Å². The molecule has 32 heavy (non-hydrogen) atoms. The fourth-order valence-electron chi connectivity index (χ4n) is 5.54. The Bertz CT molecular complexity index is 1370. The van der Waals surface area contributed by atoms with E-state index in [0.29, 0.717) is 18.4 Å². The van der Waals surface area contributed by atoms with Gasteiger partial charge >= 0.3 is 0 Å². The molecule has 0 spiro atoms. The molecule has 0 aliphatic heterocycles. The Kier molecular flexibility index (Phi) is 4.23. The first-order valence-corrected chi connectivity index (χ1v) is 11.7. The summed E-state index contributed by atoms with van der Waals surface area (Å²) in [4.78, 5) is 0. The molecule has 6 heteroatoms. The molecule has 0 amide bonds. The SMILES string of the molecule is C[C@]12Cc3cnn(-c4ccc(F)cc4)c3C=C1CC[C@]2(F)[C@@H](O)c1csc2ccccc12. The van der Waals surface area contributed by atoms with E-state index in [9.17, 15) is 9.50 Å². The average Bonchev–Trinajstić information content (AvgIpc) is 3.47. The van der Waals surface area contributed by atoms with Gasteiger partial charge in [0, 0.05) is 15.7 Å². The van der Waals surface area contributed by atoms with Gasteiger partial charge in [0.1, 0.15) is 11.9 Å². The van der Waals surface area contributed by atoms with Gasteiger partial charge in [-0.3, -0.25) is 0 Å². The minimum absolute atomic E-state index is 0.273. The third-order valence-electron chi connectivity index (χ3n) is 7.44. The number of hydrogen-bond donors (Lipinski definition) is 1. The molecule has 162 valence electrons. The number of nitrogens with zero attached hydrogens (tertiary/aromatic N) is 2. The molecule has 2 aromatic carbocycles. The highest BCUT2D eigenvalue weighted by Gasteiger charge is 2.61. The van der Waals surface area contributed by atoms with Crippen LogP contribution in [0.5, 0.6) is 0 Å². The lowest BCUT2D eigenvalue weighted by molar-refractivity contribution is -0.0686. The van der Waals surface area contributed by atoms with E-state index in [1.54, 1.807) is 23.0 Å². The molecule has 2 heterocycles. The number of rotatable bonds is 3. The fourth-order valence-corrected chi connectivity index (χ4v) is 6.52. The van der Waals surface area contributed by atoms with Crippen LogP contribution in [0.1, 0.15) is 42.7 Å². The topological polar surface area (TPSA) is 38.0 Å². The van der Waals surface area contributed by atoms with Gasteiger partial charge in [0.15, 0.2) is 5.67 Å². The number of alkyl halides is 1. The Balaban J connectivity index is 1.41. The Labute approximate surface area is 188 Å². The summed E-state index contributed by atoms with van der Waals surface area (Å²) in [6.45, 7) is 1.93. The standard InChI is InChI=1S/C26H22F2N2OS/c1-25-13-16-14-29-30(19-8-6-18(27)7-9-19)22(16)12-17(25)10-11-26(25,28)24(31)21-15-32-23-5-3-2-4-20(21)23/h2-9,12,14-15,24,31H,10-11,13H2,1H3/t24-,25-,26-/m0/s1. The lowest BCUT2D eigenvalue weighted by atomic mass is 9.65. The average molecular weight is 449 g/mol. The number of allylic oxidation sites excluding steroid dienone is 1. The Hall–Kier alpha value is -2.83. The van der Waals surface area contributed by atoms with Crippen molar-refractivity contribution in [1.29, 1.82) is 0 Å². The Morgan fingerprint density at radius 3 is 2.75 bits per heavy atom. The van der Waals surface area contributed by atoms with E-state index in [0.717, 1.165) is 32.6 Å². The predicted octanol–water partition coefficient (Wildman–Crippen LogP) is 6.41. The minimum atomic E-state index is -1.78. The molecule has 0 radical (unpaired) electrons. The molecule has 4 aromatic rings. The van der Waals surface area contributed by atoms with Gasteiger partial charge < -0.3 is 5.11 Å². The first-order valence-electron chi connectivity index (χ1n) is 10.8. The van der Waals surface area contributed by atoms with Crippen molar-refractivity contribution >= 4 is 27.5 Å². The van der Waals surface area contributed by atoms with Crippen LogP contribution in [0.25, 0.3) is 21.8 Å². The number of aliphatic hydroxyl groups is 1. The fraction of sp³-hybridized carbons (Fsp3) is 0.269. The summed E-state index contributed by atoms with van der Waals surface area (Å²) in [6.07, 6.45) is 3.90. The Morgan fingerprint density at radius 1 is 1.16 bits per heavy atom. The van der Waals surface area contributed by atoms with Gasteiger partial charge in [-0.25, -0.2) is 13.5 Å². The van der Waals surface area contributed by atoms with E-state index in [1.165, 1.54) is 23.5 Å². The zero-order valence-electron chi connectivity index (χ0n) is 17.6. The van der Waals surface area contributed by atoms with Gasteiger partial charge in [0.05, 0.1) is 17.6 Å². The highest BCUT2D eigenvalue weighted by molar-refractivity contribution is 7.17. The van der Waals surface area contributed by atoms with Crippen molar-refractivity contribution < 1.29 is 13.9 Å². The van der Waals surface area contributed by atoms with E-state index in [1.807, 2.05) is 42.6 Å². The van der Waals surface area contributed by atoms with Crippen LogP contribution >= 0.6 is 11.3 Å². The maximum atomic E-state index is 16.8. The van der Waals surface area contributed by atoms with Gasteiger partial charge in [-0.1, -0.05) is 30.7 Å². The van der Waals surface area contributed by atoms with E-state index in [-0.39, 0.29) is 12.2 Å². The highest BCUT2D eigenvalue weighted by Crippen LogP contribution is 2.61. The van der Waals surface area contributed by atoms with Gasteiger partial charge in [0.2, 0.25) is 0 Å². The number of aliphatic hydroxyl groups excluding tert-OH is 1. The second-order valence-electron chi connectivity index (χ2n) is 9.07. The van der Waals surface area contributed by atoms with E-state index < -0.39 is 17.2 Å². The predicted molar refractivity (Wildman–Crippen MR) is 123 cm³/mol. The quantitative estimate of drug-likeness (QED) is 0.393. The van der Waals surface area contributed by atoms with Crippen LogP contribution in [0.3, 0.4) is 0 Å². The number of aromatic nitrogens is 2. The summed E-state index contributed by atoms with van der Waals surface area (Å²) in [5.74, 6) is -0.298. The molecule has 0 unspecified atom stereocenters. The van der Waals surface area contributed by atoms with Crippen LogP contribution < -0.4 is 0 Å². The smallest absolute Gasteiger partial charge is 0.150 e. The molecule has 1 fully saturated rings. The zero-order chi connectivity index (χ0) is 22.1. The molecule has 2 aliphatic carbocycles. The highest BCUT2D eigenvalue weighted by atomic mass is 32.1. The maximum absolute atomic E-state index is 16.8. The van der Waals surface area contributed by atoms with Crippen molar-refractivity contribution in [3.8, 4) is 5.69 Å². The molecule has 6 rings (SSSR count). The molecule has 3 nitrogen and oxygen atoms in total. The summed E-state index contributed by atoms with van der Waals surface area (Å²) in [6, 6.07) is 14.0. The molecule has 0 saturated heterocycles. The summed E-state index contributed by atoms with van der Waals surface area (Å²) < 4.78 is 33.0. The lowest BCUT2D eigenvalue weighted by Gasteiger charge is -2.43. The second-order valence-corrected chi connectivity index (χ2v) is 9.99. The first kappa shape index (κ1) is 19.8. The van der Waals surface area contributed by atoms with Crippen molar-refractivity contribution in [2.24, 2.45) is 5.41 Å². The number of fused-ring (bicyclic) bond motifs is 3. The second kappa shape index (κ2) is 6.83. The lowest BCUT2D eigenvalue weighted by Crippen LogP contribution is -2.46. The minimum Gasteiger partial charge on any atom is -0.385 e. The maximum Gasteiger partial charge on any atom is 0.150 e. The number of thiophene rings is 1. The number of benzene rings is 2. The van der Waals surface area contributed by atoms with Crippen LogP contribution in [-0.2, 0) is 6.42 Å².